The molecule has 2 aliphatic rings. The molecular formula is C16H24N2OS. The Kier molecular flexibility index (Phi) is 4.41. The molecule has 2 heterocycles. The number of nitrogens with zero attached hydrogens (tertiary/aromatic N) is 1. The summed E-state index contributed by atoms with van der Waals surface area (Å²) in [4.78, 5) is 14.7. The molecule has 3 rings (SSSR count). The van der Waals surface area contributed by atoms with Crippen LogP contribution in [0.4, 0.5) is 0 Å². The number of amides is 1. The van der Waals surface area contributed by atoms with Gasteiger partial charge in [0.15, 0.2) is 0 Å². The number of hydrogen-bond acceptors (Lipinski definition) is 3. The van der Waals surface area contributed by atoms with E-state index in [0.29, 0.717) is 5.91 Å². The van der Waals surface area contributed by atoms with Gasteiger partial charge in [-0.3, -0.25) is 10.1 Å². The van der Waals surface area contributed by atoms with E-state index in [2.05, 4.69) is 34.0 Å². The lowest BCUT2D eigenvalue weighted by atomic mass is 9.83. The highest BCUT2D eigenvalue weighted by atomic mass is 32.1. The summed E-state index contributed by atoms with van der Waals surface area (Å²) in [5.74, 6) is 1.17. The standard InChI is InChI=1S/C16H24N2OS/c1-2-4-14-16(19)18(9-7-12-5-3-6-12)15(17-14)13-8-10-20-11-13/h8,10-12,14-15,17H,2-7,9H2,1H3. The van der Waals surface area contributed by atoms with Crippen LogP contribution in [0.15, 0.2) is 16.8 Å². The third kappa shape index (κ3) is 2.77. The SMILES string of the molecule is CCCC1NC(c2ccsc2)N(CCC2CCC2)C1=O. The summed E-state index contributed by atoms with van der Waals surface area (Å²) < 4.78 is 0. The smallest absolute Gasteiger partial charge is 0.241 e. The van der Waals surface area contributed by atoms with Gasteiger partial charge in [0.2, 0.25) is 5.91 Å². The highest BCUT2D eigenvalue weighted by molar-refractivity contribution is 7.07. The molecular weight excluding hydrogens is 268 g/mol. The summed E-state index contributed by atoms with van der Waals surface area (Å²) in [5.41, 5.74) is 1.25. The van der Waals surface area contributed by atoms with E-state index in [1.165, 1.54) is 31.2 Å². The van der Waals surface area contributed by atoms with Gasteiger partial charge in [-0.15, -0.1) is 0 Å². The first kappa shape index (κ1) is 14.1. The van der Waals surface area contributed by atoms with E-state index in [-0.39, 0.29) is 12.2 Å². The molecule has 1 aliphatic heterocycles. The summed E-state index contributed by atoms with van der Waals surface area (Å²) in [6.07, 6.45) is 7.37. The summed E-state index contributed by atoms with van der Waals surface area (Å²) in [6.45, 7) is 3.06. The van der Waals surface area contributed by atoms with Crippen LogP contribution in [-0.4, -0.2) is 23.4 Å². The Labute approximate surface area is 125 Å². The monoisotopic (exact) mass is 292 g/mol. The van der Waals surface area contributed by atoms with E-state index < -0.39 is 0 Å². The second-order valence-electron chi connectivity index (χ2n) is 6.08. The van der Waals surface area contributed by atoms with E-state index in [0.717, 1.165) is 25.3 Å². The van der Waals surface area contributed by atoms with Gasteiger partial charge in [-0.05, 0) is 41.1 Å². The van der Waals surface area contributed by atoms with Gasteiger partial charge in [0.1, 0.15) is 6.17 Å². The third-order valence-electron chi connectivity index (χ3n) is 4.69. The molecule has 0 spiro atoms. The molecule has 2 unspecified atom stereocenters. The zero-order valence-electron chi connectivity index (χ0n) is 12.2. The number of nitrogens with one attached hydrogen (secondary N) is 1. The fraction of sp³-hybridized carbons (Fsp3) is 0.688. The molecule has 1 amide bonds. The number of rotatable bonds is 6. The third-order valence-corrected chi connectivity index (χ3v) is 5.39. The van der Waals surface area contributed by atoms with Crippen molar-refractivity contribution in [1.29, 1.82) is 0 Å². The average Bonchev–Trinajstić information content (AvgIpc) is 2.99. The van der Waals surface area contributed by atoms with E-state index in [9.17, 15) is 4.79 Å². The molecule has 1 aromatic heterocycles. The largest absolute Gasteiger partial charge is 0.322 e. The predicted octanol–water partition coefficient (Wildman–Crippen LogP) is 3.54. The van der Waals surface area contributed by atoms with Crippen molar-refractivity contribution in [1.82, 2.24) is 10.2 Å². The second-order valence-corrected chi connectivity index (χ2v) is 6.86. The molecule has 1 aliphatic carbocycles. The zero-order valence-corrected chi connectivity index (χ0v) is 13.0. The molecule has 0 bridgehead atoms. The molecule has 1 aromatic rings. The Balaban J connectivity index is 1.69. The average molecular weight is 292 g/mol. The molecule has 1 N–H and O–H groups in total. The van der Waals surface area contributed by atoms with Gasteiger partial charge in [0, 0.05) is 6.54 Å². The van der Waals surface area contributed by atoms with E-state index in [4.69, 9.17) is 0 Å². The Bertz CT molecular complexity index is 441. The van der Waals surface area contributed by atoms with Crippen molar-refractivity contribution < 1.29 is 4.79 Å². The molecule has 1 saturated heterocycles. The van der Waals surface area contributed by atoms with Crippen molar-refractivity contribution in [2.24, 2.45) is 5.92 Å². The second kappa shape index (κ2) is 6.27. The molecule has 3 nitrogen and oxygen atoms in total. The Morgan fingerprint density at radius 3 is 2.85 bits per heavy atom. The normalized spacial score (nSPS) is 27.1. The van der Waals surface area contributed by atoms with Gasteiger partial charge in [-0.1, -0.05) is 32.6 Å². The Hall–Kier alpha value is -0.870. The maximum Gasteiger partial charge on any atom is 0.241 e. The summed E-state index contributed by atoms with van der Waals surface area (Å²) >= 11 is 1.71. The molecule has 0 aromatic carbocycles. The van der Waals surface area contributed by atoms with Gasteiger partial charge < -0.3 is 4.90 Å². The number of hydrogen-bond donors (Lipinski definition) is 1. The van der Waals surface area contributed by atoms with Gasteiger partial charge in [-0.2, -0.15) is 11.3 Å². The highest BCUT2D eigenvalue weighted by Gasteiger charge is 2.39. The maximum absolute atomic E-state index is 12.6. The maximum atomic E-state index is 12.6. The van der Waals surface area contributed by atoms with Crippen molar-refractivity contribution in [3.8, 4) is 0 Å². The van der Waals surface area contributed by atoms with E-state index >= 15 is 0 Å². The predicted molar refractivity (Wildman–Crippen MR) is 82.6 cm³/mol. The van der Waals surface area contributed by atoms with Crippen LogP contribution in [-0.2, 0) is 4.79 Å². The summed E-state index contributed by atoms with van der Waals surface area (Å²) in [5, 5.41) is 7.80. The topological polar surface area (TPSA) is 32.3 Å². The fourth-order valence-electron chi connectivity index (χ4n) is 3.22. The highest BCUT2D eigenvalue weighted by Crippen LogP contribution is 2.33. The van der Waals surface area contributed by atoms with Gasteiger partial charge in [-0.25, -0.2) is 0 Å². The van der Waals surface area contributed by atoms with Gasteiger partial charge in [0.25, 0.3) is 0 Å². The van der Waals surface area contributed by atoms with E-state index in [1.807, 2.05) is 0 Å². The van der Waals surface area contributed by atoms with Crippen LogP contribution >= 0.6 is 11.3 Å². The Morgan fingerprint density at radius 2 is 2.25 bits per heavy atom. The van der Waals surface area contributed by atoms with Gasteiger partial charge >= 0.3 is 0 Å². The van der Waals surface area contributed by atoms with Crippen molar-refractivity contribution >= 4 is 17.2 Å². The minimum absolute atomic E-state index is 0.0197. The van der Waals surface area contributed by atoms with Crippen LogP contribution in [0.2, 0.25) is 0 Å². The minimum Gasteiger partial charge on any atom is -0.322 e. The lowest BCUT2D eigenvalue weighted by molar-refractivity contribution is -0.130. The van der Waals surface area contributed by atoms with Crippen molar-refractivity contribution in [2.45, 2.75) is 57.7 Å². The van der Waals surface area contributed by atoms with Crippen LogP contribution < -0.4 is 5.32 Å². The van der Waals surface area contributed by atoms with Gasteiger partial charge in [0.05, 0.1) is 6.04 Å². The first-order valence-corrected chi connectivity index (χ1v) is 8.82. The molecule has 4 heteroatoms. The number of carbonyl (C=O) groups is 1. The number of carbonyl (C=O) groups excluding carboxylic acids is 1. The number of thiophene rings is 1. The minimum atomic E-state index is 0.0197. The van der Waals surface area contributed by atoms with Crippen LogP contribution in [0, 0.1) is 5.92 Å². The van der Waals surface area contributed by atoms with Crippen LogP contribution in [0.3, 0.4) is 0 Å². The van der Waals surface area contributed by atoms with Crippen LogP contribution in [0.5, 0.6) is 0 Å². The van der Waals surface area contributed by atoms with Crippen molar-refractivity contribution in [3.63, 3.8) is 0 Å². The molecule has 0 radical (unpaired) electrons. The molecule has 2 fully saturated rings. The summed E-state index contributed by atoms with van der Waals surface area (Å²) in [6, 6.07) is 2.16. The van der Waals surface area contributed by atoms with Crippen LogP contribution in [0.25, 0.3) is 0 Å². The van der Waals surface area contributed by atoms with Crippen molar-refractivity contribution in [2.75, 3.05) is 6.54 Å². The summed E-state index contributed by atoms with van der Waals surface area (Å²) in [7, 11) is 0. The fourth-order valence-corrected chi connectivity index (χ4v) is 3.90. The quantitative estimate of drug-likeness (QED) is 0.870. The lowest BCUT2D eigenvalue weighted by Crippen LogP contribution is -2.33. The van der Waals surface area contributed by atoms with Crippen LogP contribution in [0.1, 0.15) is 57.2 Å². The Morgan fingerprint density at radius 1 is 1.40 bits per heavy atom. The first-order chi connectivity index (χ1) is 9.79. The zero-order chi connectivity index (χ0) is 13.9. The molecule has 2 atom stereocenters. The molecule has 20 heavy (non-hydrogen) atoms. The van der Waals surface area contributed by atoms with E-state index in [1.54, 1.807) is 11.3 Å². The van der Waals surface area contributed by atoms with Crippen molar-refractivity contribution in [3.05, 3.63) is 22.4 Å². The lowest BCUT2D eigenvalue weighted by Gasteiger charge is -2.30. The first-order valence-electron chi connectivity index (χ1n) is 7.88. The molecule has 1 saturated carbocycles. The molecule has 110 valence electrons.